The van der Waals surface area contributed by atoms with Gasteiger partial charge in [-0.15, -0.1) is 5.10 Å². The number of hydrogen-bond donors (Lipinski definition) is 1. The van der Waals surface area contributed by atoms with E-state index in [2.05, 4.69) is 39.7 Å². The third-order valence-corrected chi connectivity index (χ3v) is 4.21. The number of nitrogens with zero attached hydrogens (tertiary/aromatic N) is 6. The highest BCUT2D eigenvalue weighted by Crippen LogP contribution is 2.20. The summed E-state index contributed by atoms with van der Waals surface area (Å²) in [5.74, 6) is 2.22. The summed E-state index contributed by atoms with van der Waals surface area (Å²) in [5.41, 5.74) is 0. The van der Waals surface area contributed by atoms with Gasteiger partial charge in [-0.25, -0.2) is 9.67 Å². The first-order chi connectivity index (χ1) is 10.1. The van der Waals surface area contributed by atoms with Crippen LogP contribution in [0.5, 0.6) is 0 Å². The van der Waals surface area contributed by atoms with Crippen LogP contribution in [0.2, 0.25) is 5.15 Å². The van der Waals surface area contributed by atoms with E-state index in [0.29, 0.717) is 16.8 Å². The van der Waals surface area contributed by atoms with E-state index in [4.69, 9.17) is 11.6 Å². The molecule has 0 unspecified atom stereocenters. The molecule has 0 aliphatic rings. The first-order valence-corrected chi connectivity index (χ1v) is 8.20. The van der Waals surface area contributed by atoms with Gasteiger partial charge in [0.05, 0.1) is 18.5 Å². The molecule has 0 spiro atoms. The van der Waals surface area contributed by atoms with Crippen LogP contribution in [0, 0.1) is 5.92 Å². The zero-order valence-electron chi connectivity index (χ0n) is 12.5. The summed E-state index contributed by atoms with van der Waals surface area (Å²) in [6, 6.07) is 0. The molecule has 7 nitrogen and oxygen atoms in total. The van der Waals surface area contributed by atoms with Crippen LogP contribution in [0.3, 0.4) is 0 Å². The minimum Gasteiger partial charge on any atom is -0.322 e. The van der Waals surface area contributed by atoms with Gasteiger partial charge in [-0.1, -0.05) is 37.2 Å². The van der Waals surface area contributed by atoms with E-state index >= 15 is 0 Å². The van der Waals surface area contributed by atoms with Crippen LogP contribution in [0.1, 0.15) is 19.7 Å². The number of thioether (sulfide) groups is 1. The molecule has 0 saturated heterocycles. The molecule has 2 rings (SSSR count). The molecule has 0 fully saturated rings. The summed E-state index contributed by atoms with van der Waals surface area (Å²) in [5, 5.41) is 16.6. The third-order valence-electron chi connectivity index (χ3n) is 2.91. The van der Waals surface area contributed by atoms with E-state index in [0.717, 1.165) is 30.6 Å². The second kappa shape index (κ2) is 7.77. The second-order valence-electron chi connectivity index (χ2n) is 5.13. The number of rotatable bonds is 8. The molecule has 21 heavy (non-hydrogen) atoms. The summed E-state index contributed by atoms with van der Waals surface area (Å²) in [6.07, 6.45) is 1.65. The van der Waals surface area contributed by atoms with Crippen molar-refractivity contribution in [3.63, 3.8) is 0 Å². The molecule has 0 aromatic carbocycles. The number of tetrazole rings is 1. The van der Waals surface area contributed by atoms with Gasteiger partial charge in [0.15, 0.2) is 0 Å². The monoisotopic (exact) mass is 329 g/mol. The summed E-state index contributed by atoms with van der Waals surface area (Å²) in [7, 11) is 1.89. The SMILES string of the molecule is CC(C)CNCCn1nnnc1SCc1ncc(Cl)n1C. The average molecular weight is 330 g/mol. The number of aromatic nitrogens is 6. The predicted octanol–water partition coefficient (Wildman–Crippen LogP) is 1.60. The fraction of sp³-hybridized carbons (Fsp3) is 0.667. The quantitative estimate of drug-likeness (QED) is 0.586. The zero-order chi connectivity index (χ0) is 15.2. The molecule has 0 aliphatic heterocycles. The lowest BCUT2D eigenvalue weighted by molar-refractivity contribution is 0.482. The minimum absolute atomic E-state index is 0.628. The lowest BCUT2D eigenvalue weighted by Crippen LogP contribution is -2.24. The fourth-order valence-corrected chi connectivity index (χ4v) is 2.75. The van der Waals surface area contributed by atoms with Gasteiger partial charge in [0.25, 0.3) is 0 Å². The molecule has 2 aromatic rings. The second-order valence-corrected chi connectivity index (χ2v) is 6.46. The van der Waals surface area contributed by atoms with Crippen molar-refractivity contribution < 1.29 is 0 Å². The Morgan fingerprint density at radius 1 is 1.43 bits per heavy atom. The lowest BCUT2D eigenvalue weighted by Gasteiger charge is -2.08. The van der Waals surface area contributed by atoms with Crippen molar-refractivity contribution in [2.75, 3.05) is 13.1 Å². The van der Waals surface area contributed by atoms with E-state index in [-0.39, 0.29) is 0 Å². The van der Waals surface area contributed by atoms with Crippen LogP contribution in [0.4, 0.5) is 0 Å². The van der Waals surface area contributed by atoms with Gasteiger partial charge in [0, 0.05) is 13.6 Å². The van der Waals surface area contributed by atoms with Crippen LogP contribution in [0.15, 0.2) is 11.4 Å². The van der Waals surface area contributed by atoms with Gasteiger partial charge >= 0.3 is 0 Å². The first kappa shape index (κ1) is 16.3. The van der Waals surface area contributed by atoms with E-state index < -0.39 is 0 Å². The van der Waals surface area contributed by atoms with Gasteiger partial charge in [-0.3, -0.25) is 0 Å². The van der Waals surface area contributed by atoms with Gasteiger partial charge in [-0.05, 0) is 22.9 Å². The van der Waals surface area contributed by atoms with Crippen LogP contribution in [0.25, 0.3) is 0 Å². The minimum atomic E-state index is 0.628. The van der Waals surface area contributed by atoms with E-state index in [1.54, 1.807) is 18.0 Å². The highest BCUT2D eigenvalue weighted by atomic mass is 35.5. The predicted molar refractivity (Wildman–Crippen MR) is 83.3 cm³/mol. The van der Waals surface area contributed by atoms with Crippen molar-refractivity contribution in [1.82, 2.24) is 35.1 Å². The van der Waals surface area contributed by atoms with Crippen molar-refractivity contribution in [1.29, 1.82) is 0 Å². The molecule has 2 heterocycles. The number of nitrogens with one attached hydrogen (secondary N) is 1. The van der Waals surface area contributed by atoms with Gasteiger partial charge < -0.3 is 9.88 Å². The van der Waals surface area contributed by atoms with E-state index in [1.165, 1.54) is 0 Å². The maximum atomic E-state index is 5.97. The third kappa shape index (κ3) is 4.69. The largest absolute Gasteiger partial charge is 0.322 e. The molecule has 0 saturated carbocycles. The molecular formula is C12H20ClN7S. The molecule has 9 heteroatoms. The Balaban J connectivity index is 1.84. The summed E-state index contributed by atoms with van der Waals surface area (Å²) < 4.78 is 3.66. The molecule has 0 bridgehead atoms. The fourth-order valence-electron chi connectivity index (χ4n) is 1.70. The number of imidazole rings is 1. The molecule has 0 amide bonds. The van der Waals surface area contributed by atoms with Crippen LogP contribution >= 0.6 is 23.4 Å². The first-order valence-electron chi connectivity index (χ1n) is 6.83. The topological polar surface area (TPSA) is 73.5 Å². The maximum absolute atomic E-state index is 5.97. The Hall–Kier alpha value is -1.12. The Morgan fingerprint density at radius 3 is 2.90 bits per heavy atom. The van der Waals surface area contributed by atoms with Gasteiger partial charge in [0.2, 0.25) is 5.16 Å². The Labute approximate surface area is 133 Å². The lowest BCUT2D eigenvalue weighted by atomic mass is 10.2. The summed E-state index contributed by atoms with van der Waals surface area (Å²) in [4.78, 5) is 4.26. The maximum Gasteiger partial charge on any atom is 0.209 e. The molecule has 1 N–H and O–H groups in total. The molecule has 0 atom stereocenters. The highest BCUT2D eigenvalue weighted by molar-refractivity contribution is 7.98. The molecule has 0 radical (unpaired) electrons. The van der Waals surface area contributed by atoms with Crippen molar-refractivity contribution in [3.05, 3.63) is 17.2 Å². The van der Waals surface area contributed by atoms with Crippen LogP contribution in [-0.4, -0.2) is 42.8 Å². The van der Waals surface area contributed by atoms with Crippen molar-refractivity contribution in [3.8, 4) is 0 Å². The van der Waals surface area contributed by atoms with Crippen molar-refractivity contribution in [2.24, 2.45) is 13.0 Å². The Bertz CT molecular complexity index is 566. The van der Waals surface area contributed by atoms with Crippen molar-refractivity contribution >= 4 is 23.4 Å². The molecule has 2 aromatic heterocycles. The van der Waals surface area contributed by atoms with Crippen molar-refractivity contribution in [2.45, 2.75) is 31.3 Å². The smallest absolute Gasteiger partial charge is 0.209 e. The average Bonchev–Trinajstić information content (AvgIpc) is 3.01. The normalized spacial score (nSPS) is 11.5. The van der Waals surface area contributed by atoms with E-state index in [9.17, 15) is 0 Å². The van der Waals surface area contributed by atoms with Gasteiger partial charge in [-0.2, -0.15) is 0 Å². The van der Waals surface area contributed by atoms with Gasteiger partial charge in [0.1, 0.15) is 11.0 Å². The van der Waals surface area contributed by atoms with Crippen LogP contribution in [-0.2, 0) is 19.3 Å². The van der Waals surface area contributed by atoms with Crippen LogP contribution < -0.4 is 5.32 Å². The summed E-state index contributed by atoms with van der Waals surface area (Å²) in [6.45, 7) is 6.97. The standard InChI is InChI=1S/C12H20ClN7S/c1-9(2)6-14-4-5-20-12(16-17-18-20)21-8-11-15-7-10(13)19(11)3/h7,9,14H,4-6,8H2,1-3H3. The summed E-state index contributed by atoms with van der Waals surface area (Å²) >= 11 is 7.52. The molecule has 116 valence electrons. The molecular weight excluding hydrogens is 310 g/mol. The number of halogens is 1. The highest BCUT2D eigenvalue weighted by Gasteiger charge is 2.10. The zero-order valence-corrected chi connectivity index (χ0v) is 14.0. The van der Waals surface area contributed by atoms with E-state index in [1.807, 2.05) is 16.3 Å². The molecule has 0 aliphatic carbocycles. The Morgan fingerprint density at radius 2 is 2.24 bits per heavy atom. The number of hydrogen-bond acceptors (Lipinski definition) is 6. The Kier molecular flexibility index (Phi) is 6.01.